The SMILES string of the molecule is CC(C)(C)C(=O)OC[C@H]1CCC[NH+]2CCCC[C@@H]12. The summed E-state index contributed by atoms with van der Waals surface area (Å²) in [6, 6.07) is 0.750. The van der Waals surface area contributed by atoms with Crippen LogP contribution in [0, 0.1) is 11.3 Å². The largest absolute Gasteiger partial charge is 0.465 e. The van der Waals surface area contributed by atoms with Crippen molar-refractivity contribution in [2.45, 2.75) is 58.9 Å². The highest BCUT2D eigenvalue weighted by molar-refractivity contribution is 5.75. The summed E-state index contributed by atoms with van der Waals surface area (Å²) < 4.78 is 5.54. The predicted octanol–water partition coefficient (Wildman–Crippen LogP) is 1.42. The molecule has 2 saturated heterocycles. The van der Waals surface area contributed by atoms with Crippen LogP contribution in [0.25, 0.3) is 0 Å². The summed E-state index contributed by atoms with van der Waals surface area (Å²) >= 11 is 0. The fraction of sp³-hybridized carbons (Fsp3) is 0.933. The van der Waals surface area contributed by atoms with Gasteiger partial charge >= 0.3 is 5.97 Å². The Bertz CT molecular complexity index is 293. The van der Waals surface area contributed by atoms with Crippen molar-refractivity contribution in [2.75, 3.05) is 19.7 Å². The molecule has 2 aliphatic rings. The van der Waals surface area contributed by atoms with Gasteiger partial charge in [-0.15, -0.1) is 0 Å². The van der Waals surface area contributed by atoms with E-state index in [0.29, 0.717) is 12.5 Å². The molecule has 1 unspecified atom stereocenters. The average molecular weight is 254 g/mol. The molecule has 0 saturated carbocycles. The van der Waals surface area contributed by atoms with Crippen LogP contribution in [-0.4, -0.2) is 31.7 Å². The quantitative estimate of drug-likeness (QED) is 0.756. The van der Waals surface area contributed by atoms with Gasteiger partial charge in [-0.25, -0.2) is 0 Å². The molecule has 0 aromatic heterocycles. The summed E-state index contributed by atoms with van der Waals surface area (Å²) in [6.07, 6.45) is 6.60. The molecule has 2 aliphatic heterocycles. The molecule has 0 aromatic carbocycles. The van der Waals surface area contributed by atoms with E-state index in [1.54, 1.807) is 4.90 Å². The number of hydrogen-bond acceptors (Lipinski definition) is 2. The van der Waals surface area contributed by atoms with E-state index < -0.39 is 0 Å². The maximum atomic E-state index is 11.8. The number of nitrogens with one attached hydrogen (secondary N) is 1. The topological polar surface area (TPSA) is 30.7 Å². The van der Waals surface area contributed by atoms with Gasteiger partial charge in [0.1, 0.15) is 0 Å². The maximum absolute atomic E-state index is 11.8. The number of ether oxygens (including phenoxy) is 1. The Morgan fingerprint density at radius 1 is 1.17 bits per heavy atom. The monoisotopic (exact) mass is 254 g/mol. The lowest BCUT2D eigenvalue weighted by atomic mass is 9.84. The van der Waals surface area contributed by atoms with Gasteiger partial charge in [-0.1, -0.05) is 0 Å². The maximum Gasteiger partial charge on any atom is 0.311 e. The van der Waals surface area contributed by atoms with Crippen LogP contribution in [0.3, 0.4) is 0 Å². The second kappa shape index (κ2) is 5.60. The summed E-state index contributed by atoms with van der Waals surface area (Å²) in [6.45, 7) is 9.07. The van der Waals surface area contributed by atoms with E-state index >= 15 is 0 Å². The molecule has 2 fully saturated rings. The van der Waals surface area contributed by atoms with Crippen LogP contribution >= 0.6 is 0 Å². The second-order valence-corrected chi connectivity index (χ2v) is 7.01. The average Bonchev–Trinajstić information content (AvgIpc) is 2.34. The molecular formula is C15H28NO2+. The van der Waals surface area contributed by atoms with Crippen molar-refractivity contribution in [3.8, 4) is 0 Å². The summed E-state index contributed by atoms with van der Waals surface area (Å²) in [4.78, 5) is 13.6. The summed E-state index contributed by atoms with van der Waals surface area (Å²) in [7, 11) is 0. The zero-order valence-electron chi connectivity index (χ0n) is 12.1. The Morgan fingerprint density at radius 3 is 2.61 bits per heavy atom. The molecule has 0 aromatic rings. The van der Waals surface area contributed by atoms with Crippen LogP contribution in [0.4, 0.5) is 0 Å². The van der Waals surface area contributed by atoms with Crippen molar-refractivity contribution in [1.82, 2.24) is 0 Å². The van der Waals surface area contributed by atoms with Crippen molar-refractivity contribution in [3.05, 3.63) is 0 Å². The van der Waals surface area contributed by atoms with E-state index in [1.807, 2.05) is 20.8 Å². The van der Waals surface area contributed by atoms with Gasteiger partial charge in [-0.3, -0.25) is 4.79 Å². The lowest BCUT2D eigenvalue weighted by molar-refractivity contribution is -0.940. The Labute approximate surface area is 111 Å². The minimum absolute atomic E-state index is 0.0505. The number of esters is 1. The van der Waals surface area contributed by atoms with Crippen molar-refractivity contribution in [1.29, 1.82) is 0 Å². The normalized spacial score (nSPS) is 32.7. The molecule has 0 bridgehead atoms. The van der Waals surface area contributed by atoms with Gasteiger partial charge in [0.15, 0.2) is 0 Å². The molecule has 3 heteroatoms. The third-order valence-electron chi connectivity index (χ3n) is 4.47. The van der Waals surface area contributed by atoms with Gasteiger partial charge in [0.25, 0.3) is 0 Å². The molecule has 0 aliphatic carbocycles. The second-order valence-electron chi connectivity index (χ2n) is 7.01. The molecule has 0 amide bonds. The van der Waals surface area contributed by atoms with Crippen molar-refractivity contribution >= 4 is 5.97 Å². The van der Waals surface area contributed by atoms with E-state index in [-0.39, 0.29) is 11.4 Å². The van der Waals surface area contributed by atoms with Gasteiger partial charge < -0.3 is 9.64 Å². The van der Waals surface area contributed by atoms with E-state index in [4.69, 9.17) is 4.74 Å². The third kappa shape index (κ3) is 3.25. The Morgan fingerprint density at radius 2 is 1.89 bits per heavy atom. The van der Waals surface area contributed by atoms with Gasteiger partial charge in [0.2, 0.25) is 0 Å². The van der Waals surface area contributed by atoms with Crippen LogP contribution in [0.2, 0.25) is 0 Å². The number of quaternary nitrogens is 1. The Balaban J connectivity index is 1.86. The fourth-order valence-corrected chi connectivity index (χ4v) is 3.38. The summed E-state index contributed by atoms with van der Waals surface area (Å²) in [5, 5.41) is 0. The van der Waals surface area contributed by atoms with Crippen LogP contribution in [-0.2, 0) is 9.53 Å². The van der Waals surface area contributed by atoms with E-state index in [9.17, 15) is 4.79 Å². The molecule has 3 nitrogen and oxygen atoms in total. The number of fused-ring (bicyclic) bond motifs is 1. The minimum atomic E-state index is -0.367. The zero-order chi connectivity index (χ0) is 13.2. The molecule has 3 atom stereocenters. The standard InChI is InChI=1S/C15H27NO2/c1-15(2,3)14(17)18-11-12-7-6-10-16-9-5-4-8-13(12)16/h12-13H,4-11H2,1-3H3/p+1/t12-,13+/m1/s1. The van der Waals surface area contributed by atoms with Crippen LogP contribution in [0.15, 0.2) is 0 Å². The van der Waals surface area contributed by atoms with Gasteiger partial charge in [0, 0.05) is 5.92 Å². The van der Waals surface area contributed by atoms with E-state index in [0.717, 1.165) is 6.04 Å². The summed E-state index contributed by atoms with van der Waals surface area (Å²) in [5.41, 5.74) is -0.367. The smallest absolute Gasteiger partial charge is 0.311 e. The van der Waals surface area contributed by atoms with Gasteiger partial charge in [-0.05, 0) is 52.9 Å². The molecule has 0 spiro atoms. The lowest BCUT2D eigenvalue weighted by Gasteiger charge is -2.41. The highest BCUT2D eigenvalue weighted by Gasteiger charge is 2.37. The lowest BCUT2D eigenvalue weighted by Crippen LogP contribution is -3.18. The van der Waals surface area contributed by atoms with Crippen LogP contribution in [0.1, 0.15) is 52.9 Å². The minimum Gasteiger partial charge on any atom is -0.465 e. The number of piperidine rings is 2. The van der Waals surface area contributed by atoms with Crippen LogP contribution in [0.5, 0.6) is 0 Å². The Hall–Kier alpha value is -0.570. The molecule has 1 N–H and O–H groups in total. The highest BCUT2D eigenvalue weighted by atomic mass is 16.5. The fourth-order valence-electron chi connectivity index (χ4n) is 3.38. The number of hydrogen-bond donors (Lipinski definition) is 1. The first-order valence-corrected chi connectivity index (χ1v) is 7.50. The summed E-state index contributed by atoms with van der Waals surface area (Å²) in [5.74, 6) is 0.547. The predicted molar refractivity (Wildman–Crippen MR) is 71.5 cm³/mol. The van der Waals surface area contributed by atoms with E-state index in [2.05, 4.69) is 0 Å². The zero-order valence-corrected chi connectivity index (χ0v) is 12.1. The van der Waals surface area contributed by atoms with E-state index in [1.165, 1.54) is 45.2 Å². The first-order valence-electron chi connectivity index (χ1n) is 7.50. The first kappa shape index (κ1) is 13.9. The highest BCUT2D eigenvalue weighted by Crippen LogP contribution is 2.22. The first-order chi connectivity index (χ1) is 8.48. The van der Waals surface area contributed by atoms with Crippen molar-refractivity contribution in [2.24, 2.45) is 11.3 Å². The van der Waals surface area contributed by atoms with Gasteiger partial charge in [0.05, 0.1) is 31.2 Å². The van der Waals surface area contributed by atoms with Gasteiger partial charge in [-0.2, -0.15) is 0 Å². The molecule has 104 valence electrons. The molecule has 2 heterocycles. The molecular weight excluding hydrogens is 226 g/mol. The molecule has 2 rings (SSSR count). The van der Waals surface area contributed by atoms with Crippen LogP contribution < -0.4 is 4.90 Å². The van der Waals surface area contributed by atoms with Crippen molar-refractivity contribution in [3.63, 3.8) is 0 Å². The molecule has 0 radical (unpaired) electrons. The number of carbonyl (C=O) groups excluding carboxylic acids is 1. The molecule has 18 heavy (non-hydrogen) atoms. The Kier molecular flexibility index (Phi) is 4.31. The van der Waals surface area contributed by atoms with Crippen molar-refractivity contribution < 1.29 is 14.4 Å². The number of rotatable bonds is 2. The number of carbonyl (C=O) groups is 1. The third-order valence-corrected chi connectivity index (χ3v) is 4.47.